The molecule has 60 heavy (non-hydrogen) atoms. The van der Waals surface area contributed by atoms with Gasteiger partial charge in [0.1, 0.15) is 17.9 Å². The highest BCUT2D eigenvalue weighted by molar-refractivity contribution is 6.30. The lowest BCUT2D eigenvalue weighted by atomic mass is 9.96. The molecular formula is C43H41ClN12O4. The van der Waals surface area contributed by atoms with Crippen LogP contribution >= 0.6 is 11.6 Å². The number of aliphatic imine (C=N–C) groups is 1. The minimum absolute atomic E-state index is 0.0707. The number of unbranched alkanes of at least 4 members (excludes halogenated alkanes) is 1. The Labute approximate surface area is 349 Å². The van der Waals surface area contributed by atoms with Gasteiger partial charge >= 0.3 is 0 Å². The van der Waals surface area contributed by atoms with E-state index in [1.54, 1.807) is 18.2 Å². The molecule has 0 saturated carbocycles. The number of amides is 4. The first-order valence-corrected chi connectivity index (χ1v) is 20.4. The molecule has 3 aliphatic rings. The second-order valence-corrected chi connectivity index (χ2v) is 15.6. The smallest absolute Gasteiger partial charge is 0.264 e. The fourth-order valence-corrected chi connectivity index (χ4v) is 8.23. The zero-order chi connectivity index (χ0) is 41.5. The largest absolute Gasteiger partial charge is 0.384 e. The van der Waals surface area contributed by atoms with Gasteiger partial charge < -0.3 is 5.32 Å². The molecule has 4 amide bonds. The lowest BCUT2D eigenvalue weighted by Crippen LogP contribution is -2.54. The summed E-state index contributed by atoms with van der Waals surface area (Å²) in [4.78, 5) is 56.7. The van der Waals surface area contributed by atoms with E-state index in [4.69, 9.17) is 16.6 Å². The van der Waals surface area contributed by atoms with Crippen LogP contribution in [0.2, 0.25) is 5.02 Å². The lowest BCUT2D eigenvalue weighted by Gasteiger charge is -2.27. The van der Waals surface area contributed by atoms with Crippen molar-refractivity contribution in [2.24, 2.45) is 4.99 Å². The molecule has 2 N–H and O–H groups in total. The van der Waals surface area contributed by atoms with E-state index in [0.29, 0.717) is 30.1 Å². The third-order valence-electron chi connectivity index (χ3n) is 11.1. The van der Waals surface area contributed by atoms with E-state index in [1.165, 1.54) is 0 Å². The molecular weight excluding hydrogens is 784 g/mol. The van der Waals surface area contributed by atoms with Crippen LogP contribution in [0.25, 0.3) is 16.8 Å². The molecule has 3 aliphatic heterocycles. The highest BCUT2D eigenvalue weighted by Gasteiger charge is 2.45. The number of carbonyl (C=O) groups is 4. The summed E-state index contributed by atoms with van der Waals surface area (Å²) in [5, 5.41) is 28.3. The summed E-state index contributed by atoms with van der Waals surface area (Å²) in [7, 11) is 0. The van der Waals surface area contributed by atoms with Crippen LogP contribution in [0.1, 0.15) is 94.3 Å². The first-order valence-electron chi connectivity index (χ1n) is 20.0. The third kappa shape index (κ3) is 7.38. The number of nitrogens with zero attached hydrogens (tertiary/aromatic N) is 10. The quantitative estimate of drug-likeness (QED) is 0.111. The Hall–Kier alpha value is -6.81. The van der Waals surface area contributed by atoms with Crippen LogP contribution in [0.3, 0.4) is 0 Å². The molecule has 0 spiro atoms. The highest BCUT2D eigenvalue weighted by atomic mass is 35.5. The number of aromatic nitrogens is 8. The molecule has 0 radical (unpaired) electrons. The first-order chi connectivity index (χ1) is 29.1. The van der Waals surface area contributed by atoms with Gasteiger partial charge in [-0.2, -0.15) is 5.10 Å². The van der Waals surface area contributed by atoms with Gasteiger partial charge in [-0.1, -0.05) is 41.1 Å². The molecule has 3 aromatic heterocycles. The third-order valence-corrected chi connectivity index (χ3v) is 11.4. The van der Waals surface area contributed by atoms with Crippen LogP contribution in [0, 0.1) is 6.92 Å². The number of carbonyl (C=O) groups excluding carboxylic acids is 4. The van der Waals surface area contributed by atoms with Gasteiger partial charge in [0.2, 0.25) is 11.8 Å². The molecule has 2 atom stereocenters. The van der Waals surface area contributed by atoms with Crippen LogP contribution in [-0.2, 0) is 29.1 Å². The molecule has 0 bridgehead atoms. The summed E-state index contributed by atoms with van der Waals surface area (Å²) in [5.41, 5.74) is 7.71. The van der Waals surface area contributed by atoms with Crippen molar-refractivity contribution < 1.29 is 19.2 Å². The lowest BCUT2D eigenvalue weighted by molar-refractivity contribution is -0.136. The van der Waals surface area contributed by atoms with Crippen LogP contribution in [-0.4, -0.2) is 86.4 Å². The van der Waals surface area contributed by atoms with Gasteiger partial charge in [-0.15, -0.1) is 15.3 Å². The maximum atomic E-state index is 13.4. The van der Waals surface area contributed by atoms with Gasteiger partial charge in [-0.3, -0.25) is 48.3 Å². The Morgan fingerprint density at radius 3 is 2.47 bits per heavy atom. The Morgan fingerprint density at radius 2 is 1.65 bits per heavy atom. The number of piperidine rings is 1. The molecule has 6 heterocycles. The predicted octanol–water partition coefficient (Wildman–Crippen LogP) is 5.52. The molecule has 1 fully saturated rings. The molecule has 6 aromatic rings. The first kappa shape index (κ1) is 38.7. The topological polar surface area (TPSA) is 187 Å². The summed E-state index contributed by atoms with van der Waals surface area (Å²) >= 11 is 6.24. The molecule has 16 nitrogen and oxygen atoms in total. The van der Waals surface area contributed by atoms with E-state index < -0.39 is 29.7 Å². The van der Waals surface area contributed by atoms with Crippen LogP contribution < -0.4 is 10.6 Å². The standard InChI is InChI=1S/C43H41ClN12O4/c1-25-40-51-49-26(2)55(40)35-15-12-28(21-33(35)39(47-25)27-10-13-30(44)14-11-27)29-22-46-53(23-29)19-3-4-20-54-24-31(50-52-54)7-6-18-45-34-9-5-8-32-38(34)43(60)56(42(32)59)36-16-17-37(57)48-41(36)58/h5,8-15,21-25,36,45H,3-4,6-7,16-20H2,1-2H3,(H,48,57,58)/t25-,36?/m0/s1. The average molecular weight is 825 g/mol. The number of fused-ring (bicyclic) bond motifs is 4. The highest BCUT2D eigenvalue weighted by Crippen LogP contribution is 2.35. The molecule has 304 valence electrons. The van der Waals surface area contributed by atoms with Gasteiger partial charge in [0.15, 0.2) is 5.82 Å². The number of nitrogens with one attached hydrogen (secondary N) is 2. The minimum Gasteiger partial charge on any atom is -0.384 e. The second kappa shape index (κ2) is 16.1. The summed E-state index contributed by atoms with van der Waals surface area (Å²) in [6.07, 6.45) is 9.27. The minimum atomic E-state index is -1.01. The number of anilines is 1. The van der Waals surface area contributed by atoms with Crippen molar-refractivity contribution in [1.29, 1.82) is 0 Å². The molecule has 1 saturated heterocycles. The summed E-state index contributed by atoms with van der Waals surface area (Å²) in [6, 6.07) is 18.0. The summed E-state index contributed by atoms with van der Waals surface area (Å²) in [5.74, 6) is -0.510. The van der Waals surface area contributed by atoms with E-state index in [-0.39, 0.29) is 30.0 Å². The van der Waals surface area contributed by atoms with E-state index in [9.17, 15) is 19.2 Å². The predicted molar refractivity (Wildman–Crippen MR) is 222 cm³/mol. The maximum absolute atomic E-state index is 13.4. The summed E-state index contributed by atoms with van der Waals surface area (Å²) < 4.78 is 5.91. The number of rotatable bonds is 13. The maximum Gasteiger partial charge on any atom is 0.264 e. The summed E-state index contributed by atoms with van der Waals surface area (Å²) in [6.45, 7) is 5.98. The van der Waals surface area contributed by atoms with E-state index >= 15 is 0 Å². The van der Waals surface area contributed by atoms with Crippen LogP contribution in [0.4, 0.5) is 5.69 Å². The Balaban J connectivity index is 0.777. The Morgan fingerprint density at radius 1 is 0.850 bits per heavy atom. The van der Waals surface area contributed by atoms with E-state index in [2.05, 4.69) is 65.2 Å². The monoisotopic (exact) mass is 824 g/mol. The van der Waals surface area contributed by atoms with Gasteiger partial charge in [0.05, 0.1) is 34.4 Å². The molecule has 1 unspecified atom stereocenters. The molecule has 9 rings (SSSR count). The van der Waals surface area contributed by atoms with Crippen LogP contribution in [0.5, 0.6) is 0 Å². The molecule has 17 heteroatoms. The zero-order valence-electron chi connectivity index (χ0n) is 33.0. The number of imide groups is 2. The number of hydrogen-bond donors (Lipinski definition) is 2. The fraction of sp³-hybridized carbons (Fsp3) is 0.302. The normalized spacial score (nSPS) is 17.2. The Kier molecular flexibility index (Phi) is 10.4. The van der Waals surface area contributed by atoms with E-state index in [0.717, 1.165) is 81.8 Å². The van der Waals surface area contributed by atoms with Gasteiger partial charge in [0.25, 0.3) is 11.8 Å². The van der Waals surface area contributed by atoms with Crippen molar-refractivity contribution in [3.63, 3.8) is 0 Å². The van der Waals surface area contributed by atoms with Crippen molar-refractivity contribution in [2.75, 3.05) is 11.9 Å². The number of benzene rings is 3. The Bertz CT molecular complexity index is 2700. The molecule has 3 aromatic carbocycles. The van der Waals surface area contributed by atoms with Crippen molar-refractivity contribution in [3.8, 4) is 16.8 Å². The fourth-order valence-electron chi connectivity index (χ4n) is 8.11. The van der Waals surface area contributed by atoms with Crippen molar-refractivity contribution >= 4 is 46.6 Å². The van der Waals surface area contributed by atoms with Crippen molar-refractivity contribution in [2.45, 2.75) is 77.5 Å². The number of halogens is 1. The zero-order valence-corrected chi connectivity index (χ0v) is 33.8. The molecule has 0 aliphatic carbocycles. The number of hydrogen-bond acceptors (Lipinski definition) is 11. The van der Waals surface area contributed by atoms with Gasteiger partial charge in [-0.25, -0.2) is 0 Å². The SMILES string of the molecule is Cc1nnc2n1-c1ccc(-c3cnn(CCCCn4cc(CCCNc5cccc6c5C(=O)N(C5CCC(=O)NC5=O)C6=O)nn4)c3)cc1C(c1ccc(Cl)cc1)=N[C@H]2C. The van der Waals surface area contributed by atoms with Gasteiger partial charge in [-0.05, 0) is 87.9 Å². The van der Waals surface area contributed by atoms with Gasteiger partial charge in [0, 0.05) is 65.8 Å². The van der Waals surface area contributed by atoms with Crippen molar-refractivity contribution in [1.82, 2.24) is 49.8 Å². The van der Waals surface area contributed by atoms with E-state index in [1.807, 2.05) is 59.9 Å². The van der Waals surface area contributed by atoms with Crippen molar-refractivity contribution in [3.05, 3.63) is 124 Å². The number of aryl methyl sites for hydroxylation is 4. The second-order valence-electron chi connectivity index (χ2n) is 15.2. The average Bonchev–Trinajstić information content (AvgIpc) is 4.03. The van der Waals surface area contributed by atoms with Crippen LogP contribution in [0.15, 0.2) is 84.2 Å².